The second kappa shape index (κ2) is 5.80. The summed E-state index contributed by atoms with van der Waals surface area (Å²) in [5.41, 5.74) is 0. The summed E-state index contributed by atoms with van der Waals surface area (Å²) in [5, 5.41) is 9.42. The SMILES string of the molecule is COC(=O)C1CCCCN1S(=O)(=O)c1cccc(O)c1. The van der Waals surface area contributed by atoms with Gasteiger partial charge in [-0.15, -0.1) is 0 Å². The van der Waals surface area contributed by atoms with Gasteiger partial charge in [0.2, 0.25) is 10.0 Å². The number of aromatic hydroxyl groups is 1. The normalized spacial score (nSPS) is 20.6. The summed E-state index contributed by atoms with van der Waals surface area (Å²) in [6.45, 7) is 0.276. The number of hydrogen-bond donors (Lipinski definition) is 1. The molecule has 1 aromatic carbocycles. The molecule has 7 heteroatoms. The fourth-order valence-electron chi connectivity index (χ4n) is 2.34. The largest absolute Gasteiger partial charge is 0.508 e. The molecule has 2 rings (SSSR count). The van der Waals surface area contributed by atoms with Gasteiger partial charge in [0.25, 0.3) is 0 Å². The maximum Gasteiger partial charge on any atom is 0.324 e. The number of carbonyl (C=O) groups is 1. The molecule has 0 amide bonds. The minimum Gasteiger partial charge on any atom is -0.508 e. The van der Waals surface area contributed by atoms with Gasteiger partial charge in [-0.05, 0) is 37.5 Å². The predicted molar refractivity (Wildman–Crippen MR) is 71.7 cm³/mol. The fraction of sp³-hybridized carbons (Fsp3) is 0.462. The highest BCUT2D eigenvalue weighted by Crippen LogP contribution is 2.27. The van der Waals surface area contributed by atoms with Crippen molar-refractivity contribution in [3.8, 4) is 5.75 Å². The van der Waals surface area contributed by atoms with Gasteiger partial charge in [0.05, 0.1) is 12.0 Å². The molecular formula is C13H17NO5S. The van der Waals surface area contributed by atoms with Gasteiger partial charge >= 0.3 is 5.97 Å². The first kappa shape index (κ1) is 14.8. The van der Waals surface area contributed by atoms with E-state index in [1.54, 1.807) is 0 Å². The number of rotatable bonds is 3. The zero-order valence-corrected chi connectivity index (χ0v) is 12.0. The number of esters is 1. The van der Waals surface area contributed by atoms with Gasteiger partial charge < -0.3 is 9.84 Å². The molecule has 0 radical (unpaired) electrons. The van der Waals surface area contributed by atoms with Crippen molar-refractivity contribution in [3.05, 3.63) is 24.3 Å². The topological polar surface area (TPSA) is 83.9 Å². The Kier molecular flexibility index (Phi) is 4.29. The van der Waals surface area contributed by atoms with E-state index in [-0.39, 0.29) is 17.2 Å². The summed E-state index contributed by atoms with van der Waals surface area (Å²) in [5.74, 6) is -0.675. The van der Waals surface area contributed by atoms with Gasteiger partial charge in [-0.3, -0.25) is 4.79 Å². The zero-order valence-electron chi connectivity index (χ0n) is 11.2. The van der Waals surface area contributed by atoms with Crippen LogP contribution < -0.4 is 0 Å². The highest BCUT2D eigenvalue weighted by Gasteiger charge is 2.38. The first-order valence-corrected chi connectivity index (χ1v) is 7.79. The molecule has 0 aliphatic carbocycles. The number of sulfonamides is 1. The first-order chi connectivity index (χ1) is 9.46. The average molecular weight is 299 g/mol. The lowest BCUT2D eigenvalue weighted by Crippen LogP contribution is -2.48. The lowest BCUT2D eigenvalue weighted by molar-refractivity contribution is -0.146. The molecule has 1 N–H and O–H groups in total. The van der Waals surface area contributed by atoms with E-state index in [1.807, 2.05) is 0 Å². The van der Waals surface area contributed by atoms with Crippen molar-refractivity contribution in [1.29, 1.82) is 0 Å². The molecule has 1 aromatic rings. The van der Waals surface area contributed by atoms with Crippen molar-refractivity contribution in [1.82, 2.24) is 4.31 Å². The van der Waals surface area contributed by atoms with Crippen molar-refractivity contribution < 1.29 is 23.1 Å². The molecule has 20 heavy (non-hydrogen) atoms. The second-order valence-corrected chi connectivity index (χ2v) is 6.54. The lowest BCUT2D eigenvalue weighted by atomic mass is 10.1. The van der Waals surface area contributed by atoms with Crippen molar-refractivity contribution in [2.75, 3.05) is 13.7 Å². The quantitative estimate of drug-likeness (QED) is 0.845. The van der Waals surface area contributed by atoms with E-state index in [9.17, 15) is 18.3 Å². The molecule has 110 valence electrons. The Balaban J connectivity index is 2.38. The van der Waals surface area contributed by atoms with Gasteiger partial charge in [-0.1, -0.05) is 6.07 Å². The van der Waals surface area contributed by atoms with E-state index in [4.69, 9.17) is 0 Å². The number of hydrogen-bond acceptors (Lipinski definition) is 5. The van der Waals surface area contributed by atoms with E-state index in [0.29, 0.717) is 12.8 Å². The van der Waals surface area contributed by atoms with Gasteiger partial charge in [0.1, 0.15) is 11.8 Å². The van der Waals surface area contributed by atoms with Crippen LogP contribution in [-0.2, 0) is 19.6 Å². The first-order valence-electron chi connectivity index (χ1n) is 6.35. The molecule has 1 aliphatic heterocycles. The number of piperidine rings is 1. The van der Waals surface area contributed by atoms with Gasteiger partial charge in [-0.25, -0.2) is 8.42 Å². The lowest BCUT2D eigenvalue weighted by Gasteiger charge is -2.32. The standard InChI is InChI=1S/C13H17NO5S/c1-19-13(16)12-7-2-3-8-14(12)20(17,18)11-6-4-5-10(15)9-11/h4-6,9,12,15H,2-3,7-8H2,1H3. The minimum absolute atomic E-state index is 0.0201. The summed E-state index contributed by atoms with van der Waals surface area (Å²) in [6, 6.07) is 4.64. The molecule has 0 spiro atoms. The molecule has 1 aliphatic rings. The Hall–Kier alpha value is -1.60. The Morgan fingerprint density at radius 3 is 2.80 bits per heavy atom. The number of methoxy groups -OCH3 is 1. The summed E-state index contributed by atoms with van der Waals surface area (Å²) >= 11 is 0. The summed E-state index contributed by atoms with van der Waals surface area (Å²) in [7, 11) is -2.57. The van der Waals surface area contributed by atoms with E-state index in [0.717, 1.165) is 10.7 Å². The zero-order chi connectivity index (χ0) is 14.8. The van der Waals surface area contributed by atoms with Crippen LogP contribution in [0, 0.1) is 0 Å². The second-order valence-electron chi connectivity index (χ2n) is 4.65. The van der Waals surface area contributed by atoms with Crippen molar-refractivity contribution in [2.45, 2.75) is 30.2 Å². The number of phenolic OH excluding ortho intramolecular Hbond substituents is 1. The molecular weight excluding hydrogens is 282 g/mol. The van der Waals surface area contributed by atoms with Crippen LogP contribution in [0.15, 0.2) is 29.2 Å². The van der Waals surface area contributed by atoms with Gasteiger partial charge in [0.15, 0.2) is 0 Å². The molecule has 0 saturated carbocycles. The van der Waals surface area contributed by atoms with E-state index < -0.39 is 22.0 Å². The van der Waals surface area contributed by atoms with E-state index in [2.05, 4.69) is 4.74 Å². The Labute approximate surface area is 118 Å². The molecule has 1 heterocycles. The smallest absolute Gasteiger partial charge is 0.324 e. The van der Waals surface area contributed by atoms with Crippen LogP contribution >= 0.6 is 0 Å². The van der Waals surface area contributed by atoms with Crippen LogP contribution in [-0.4, -0.2) is 43.5 Å². The van der Waals surface area contributed by atoms with Crippen LogP contribution in [0.1, 0.15) is 19.3 Å². The van der Waals surface area contributed by atoms with Crippen LogP contribution in [0.5, 0.6) is 5.75 Å². The number of nitrogens with zero attached hydrogens (tertiary/aromatic N) is 1. The molecule has 1 fully saturated rings. The fourth-order valence-corrected chi connectivity index (χ4v) is 4.03. The molecule has 6 nitrogen and oxygen atoms in total. The maximum absolute atomic E-state index is 12.6. The third kappa shape index (κ3) is 2.78. The highest BCUT2D eigenvalue weighted by molar-refractivity contribution is 7.89. The average Bonchev–Trinajstić information content (AvgIpc) is 2.46. The van der Waals surface area contributed by atoms with Crippen LogP contribution in [0.4, 0.5) is 0 Å². The maximum atomic E-state index is 12.6. The number of ether oxygens (including phenoxy) is 1. The molecule has 1 unspecified atom stereocenters. The van der Waals surface area contributed by atoms with E-state index >= 15 is 0 Å². The van der Waals surface area contributed by atoms with Crippen molar-refractivity contribution in [3.63, 3.8) is 0 Å². The molecule has 1 atom stereocenters. The van der Waals surface area contributed by atoms with Crippen molar-refractivity contribution >= 4 is 16.0 Å². The molecule has 0 bridgehead atoms. The summed E-state index contributed by atoms with van der Waals surface area (Å²) in [6.07, 6.45) is 1.93. The van der Waals surface area contributed by atoms with Crippen LogP contribution in [0.25, 0.3) is 0 Å². The third-order valence-corrected chi connectivity index (χ3v) is 5.26. The Morgan fingerprint density at radius 1 is 1.40 bits per heavy atom. The van der Waals surface area contributed by atoms with Gasteiger partial charge in [0, 0.05) is 6.54 Å². The van der Waals surface area contributed by atoms with Crippen LogP contribution in [0.2, 0.25) is 0 Å². The Bertz CT molecular complexity index is 599. The monoisotopic (exact) mass is 299 g/mol. The number of carbonyl (C=O) groups excluding carboxylic acids is 1. The minimum atomic E-state index is -3.82. The van der Waals surface area contributed by atoms with Gasteiger partial charge in [-0.2, -0.15) is 4.31 Å². The number of phenols is 1. The third-order valence-electron chi connectivity index (χ3n) is 3.35. The summed E-state index contributed by atoms with van der Waals surface area (Å²) < 4.78 is 31.0. The molecule has 1 saturated heterocycles. The summed E-state index contributed by atoms with van der Waals surface area (Å²) in [4.78, 5) is 11.7. The predicted octanol–water partition coefficient (Wildman–Crippen LogP) is 1.11. The number of benzene rings is 1. The Morgan fingerprint density at radius 2 is 2.15 bits per heavy atom. The van der Waals surface area contributed by atoms with Crippen molar-refractivity contribution in [2.24, 2.45) is 0 Å². The van der Waals surface area contributed by atoms with Crippen LogP contribution in [0.3, 0.4) is 0 Å². The van der Waals surface area contributed by atoms with E-state index in [1.165, 1.54) is 31.4 Å². The highest BCUT2D eigenvalue weighted by atomic mass is 32.2. The molecule has 0 aromatic heterocycles.